The minimum atomic E-state index is -0.0272. The fourth-order valence-electron chi connectivity index (χ4n) is 2.71. The number of carbonyl (C=O) groups excluding carboxylic acids is 1. The van der Waals surface area contributed by atoms with Gasteiger partial charge in [-0.25, -0.2) is 9.97 Å². The number of hydrogen-bond acceptors (Lipinski definition) is 6. The third-order valence-electron chi connectivity index (χ3n) is 4.28. The van der Waals surface area contributed by atoms with E-state index in [9.17, 15) is 4.79 Å². The molecule has 25 heavy (non-hydrogen) atoms. The number of amides is 1. The maximum atomic E-state index is 12.5. The van der Waals surface area contributed by atoms with Crippen molar-refractivity contribution in [3.05, 3.63) is 47.8 Å². The van der Waals surface area contributed by atoms with Crippen molar-refractivity contribution in [2.24, 2.45) is 0 Å². The maximum Gasteiger partial charge on any atom is 0.257 e. The van der Waals surface area contributed by atoms with Crippen LogP contribution in [0.2, 0.25) is 0 Å². The minimum Gasteiger partial charge on any atom is -0.336 e. The fraction of sp³-hybridized carbons (Fsp3) is 0.333. The number of piperazine rings is 1. The van der Waals surface area contributed by atoms with Gasteiger partial charge in [0, 0.05) is 44.3 Å². The van der Waals surface area contributed by atoms with Crippen LogP contribution in [-0.2, 0) is 0 Å². The number of carbonyl (C=O) groups is 1. The van der Waals surface area contributed by atoms with Crippen LogP contribution >= 0.6 is 0 Å². The molecule has 2 aromatic rings. The number of aromatic nitrogens is 2. The quantitative estimate of drug-likeness (QED) is 0.917. The number of benzene rings is 1. The second-order valence-corrected chi connectivity index (χ2v) is 5.84. The number of nitrogens with one attached hydrogen (secondary N) is 1. The fourth-order valence-corrected chi connectivity index (χ4v) is 2.71. The third kappa shape index (κ3) is 4.11. The molecule has 3 rings (SSSR count). The summed E-state index contributed by atoms with van der Waals surface area (Å²) in [5, 5.41) is 11.9. The Bertz CT molecular complexity index is 758. The van der Waals surface area contributed by atoms with Crippen LogP contribution in [-0.4, -0.2) is 58.4 Å². The topological polar surface area (TPSA) is 85.1 Å². The van der Waals surface area contributed by atoms with Gasteiger partial charge in [0.1, 0.15) is 0 Å². The molecule has 1 saturated heterocycles. The van der Waals surface area contributed by atoms with Crippen LogP contribution in [0.3, 0.4) is 0 Å². The van der Waals surface area contributed by atoms with Gasteiger partial charge in [-0.2, -0.15) is 5.26 Å². The normalized spacial score (nSPS) is 14.8. The highest BCUT2D eigenvalue weighted by atomic mass is 16.2. The van der Waals surface area contributed by atoms with Gasteiger partial charge in [0.2, 0.25) is 5.95 Å². The van der Waals surface area contributed by atoms with Gasteiger partial charge in [-0.05, 0) is 30.8 Å². The van der Waals surface area contributed by atoms with E-state index < -0.39 is 0 Å². The third-order valence-corrected chi connectivity index (χ3v) is 4.28. The van der Waals surface area contributed by atoms with Gasteiger partial charge in [0.05, 0.1) is 17.2 Å². The van der Waals surface area contributed by atoms with Crippen molar-refractivity contribution in [3.63, 3.8) is 0 Å². The van der Waals surface area contributed by atoms with E-state index in [-0.39, 0.29) is 5.91 Å². The number of hydrogen-bond donors (Lipinski definition) is 1. The van der Waals surface area contributed by atoms with Gasteiger partial charge in [0.25, 0.3) is 5.91 Å². The minimum absolute atomic E-state index is 0.0272. The predicted octanol–water partition coefficient (Wildman–Crippen LogP) is 1.87. The Morgan fingerprint density at radius 3 is 2.36 bits per heavy atom. The molecule has 1 fully saturated rings. The Morgan fingerprint density at radius 2 is 1.80 bits per heavy atom. The summed E-state index contributed by atoms with van der Waals surface area (Å²) in [6.45, 7) is 6.42. The molecule has 128 valence electrons. The Balaban J connectivity index is 1.61. The molecule has 0 atom stereocenters. The molecular weight excluding hydrogens is 316 g/mol. The van der Waals surface area contributed by atoms with E-state index >= 15 is 0 Å². The zero-order valence-corrected chi connectivity index (χ0v) is 14.1. The van der Waals surface area contributed by atoms with Crippen molar-refractivity contribution in [1.82, 2.24) is 19.8 Å². The van der Waals surface area contributed by atoms with Gasteiger partial charge in [-0.15, -0.1) is 0 Å². The Labute approximate surface area is 146 Å². The summed E-state index contributed by atoms with van der Waals surface area (Å²) < 4.78 is 0. The molecule has 1 aromatic carbocycles. The van der Waals surface area contributed by atoms with Gasteiger partial charge in [-0.3, -0.25) is 4.79 Å². The summed E-state index contributed by atoms with van der Waals surface area (Å²) in [7, 11) is 0. The van der Waals surface area contributed by atoms with Gasteiger partial charge in [-0.1, -0.05) is 6.92 Å². The Morgan fingerprint density at radius 1 is 1.16 bits per heavy atom. The lowest BCUT2D eigenvalue weighted by atomic mass is 10.2. The number of rotatable bonds is 4. The van der Waals surface area contributed by atoms with Crippen LogP contribution in [0.1, 0.15) is 22.8 Å². The standard InChI is InChI=1S/C18H20N6O/c1-2-23-7-9-24(10-8-23)17(25)15-12-20-18(21-13-15)22-16-5-3-14(11-19)4-6-16/h3-6,12-13H,2,7-10H2,1H3,(H,20,21,22). The van der Waals surface area contributed by atoms with Crippen LogP contribution in [0, 0.1) is 11.3 Å². The molecule has 1 aliphatic rings. The molecule has 7 heteroatoms. The number of anilines is 2. The zero-order chi connectivity index (χ0) is 17.6. The van der Waals surface area contributed by atoms with E-state index in [0.717, 1.165) is 38.4 Å². The first-order valence-corrected chi connectivity index (χ1v) is 8.30. The molecule has 2 heterocycles. The first-order chi connectivity index (χ1) is 12.2. The lowest BCUT2D eigenvalue weighted by Crippen LogP contribution is -2.48. The first kappa shape index (κ1) is 16.9. The smallest absolute Gasteiger partial charge is 0.257 e. The molecule has 7 nitrogen and oxygen atoms in total. The van der Waals surface area contributed by atoms with Crippen LogP contribution in [0.15, 0.2) is 36.7 Å². The van der Waals surface area contributed by atoms with Crippen LogP contribution in [0.4, 0.5) is 11.6 Å². The van der Waals surface area contributed by atoms with Gasteiger partial charge < -0.3 is 15.1 Å². The maximum absolute atomic E-state index is 12.5. The van der Waals surface area contributed by atoms with Gasteiger partial charge >= 0.3 is 0 Å². The van der Waals surface area contributed by atoms with E-state index in [1.165, 1.54) is 0 Å². The molecule has 0 aliphatic carbocycles. The summed E-state index contributed by atoms with van der Waals surface area (Å²) in [4.78, 5) is 25.1. The molecule has 0 unspecified atom stereocenters. The molecule has 0 saturated carbocycles. The average molecular weight is 336 g/mol. The van der Waals surface area contributed by atoms with Gasteiger partial charge in [0.15, 0.2) is 0 Å². The van der Waals surface area contributed by atoms with Crippen LogP contribution in [0.25, 0.3) is 0 Å². The van der Waals surface area contributed by atoms with Crippen molar-refractivity contribution in [3.8, 4) is 6.07 Å². The SMILES string of the molecule is CCN1CCN(C(=O)c2cnc(Nc3ccc(C#N)cc3)nc2)CC1. The molecule has 1 amide bonds. The highest BCUT2D eigenvalue weighted by molar-refractivity contribution is 5.93. The molecule has 1 aromatic heterocycles. The summed E-state index contributed by atoms with van der Waals surface area (Å²) >= 11 is 0. The van der Waals surface area contributed by atoms with Crippen molar-refractivity contribution in [2.45, 2.75) is 6.92 Å². The van der Waals surface area contributed by atoms with E-state index in [1.807, 2.05) is 4.90 Å². The summed E-state index contributed by atoms with van der Waals surface area (Å²) in [6, 6.07) is 9.08. The van der Waals surface area contributed by atoms with Crippen LogP contribution in [0.5, 0.6) is 0 Å². The lowest BCUT2D eigenvalue weighted by molar-refractivity contribution is 0.0642. The number of nitriles is 1. The molecule has 1 aliphatic heterocycles. The van der Waals surface area contributed by atoms with Crippen molar-refractivity contribution >= 4 is 17.5 Å². The van der Waals surface area contributed by atoms with Crippen molar-refractivity contribution in [2.75, 3.05) is 38.0 Å². The predicted molar refractivity (Wildman–Crippen MR) is 94.5 cm³/mol. The van der Waals surface area contributed by atoms with E-state index in [2.05, 4.69) is 33.2 Å². The number of likely N-dealkylation sites (N-methyl/N-ethyl adjacent to an activating group) is 1. The highest BCUT2D eigenvalue weighted by Crippen LogP contribution is 2.14. The summed E-state index contributed by atoms with van der Waals surface area (Å²) in [5.41, 5.74) is 1.87. The van der Waals surface area contributed by atoms with Crippen molar-refractivity contribution in [1.29, 1.82) is 5.26 Å². The summed E-state index contributed by atoms with van der Waals surface area (Å²) in [5.74, 6) is 0.387. The lowest BCUT2D eigenvalue weighted by Gasteiger charge is -2.33. The molecular formula is C18H20N6O. The second kappa shape index (κ2) is 7.73. The monoisotopic (exact) mass is 336 g/mol. The highest BCUT2D eigenvalue weighted by Gasteiger charge is 2.21. The largest absolute Gasteiger partial charge is 0.336 e. The molecule has 1 N–H and O–H groups in total. The van der Waals surface area contributed by atoms with Crippen LogP contribution < -0.4 is 5.32 Å². The molecule has 0 spiro atoms. The first-order valence-electron chi connectivity index (χ1n) is 8.30. The average Bonchev–Trinajstić information content (AvgIpc) is 2.69. The Hall–Kier alpha value is -2.98. The second-order valence-electron chi connectivity index (χ2n) is 5.84. The van der Waals surface area contributed by atoms with Crippen molar-refractivity contribution < 1.29 is 4.79 Å². The Kier molecular flexibility index (Phi) is 5.21. The van der Waals surface area contributed by atoms with E-state index in [1.54, 1.807) is 36.7 Å². The molecule has 0 radical (unpaired) electrons. The summed E-state index contributed by atoms with van der Waals surface area (Å²) in [6.07, 6.45) is 3.10. The number of nitrogens with zero attached hydrogens (tertiary/aromatic N) is 5. The van der Waals surface area contributed by atoms with E-state index in [4.69, 9.17) is 5.26 Å². The molecule has 0 bridgehead atoms. The zero-order valence-electron chi connectivity index (χ0n) is 14.1. The van der Waals surface area contributed by atoms with E-state index in [0.29, 0.717) is 17.1 Å².